The minimum Gasteiger partial charge on any atom is -0.496 e. The molecule has 0 aromatic heterocycles. The van der Waals surface area contributed by atoms with Crippen LogP contribution in [0.15, 0.2) is 23.1 Å². The lowest BCUT2D eigenvalue weighted by atomic mass is 10.1. The van der Waals surface area contributed by atoms with Gasteiger partial charge in [-0.2, -0.15) is 0 Å². The van der Waals surface area contributed by atoms with Crippen LogP contribution in [-0.2, 0) is 6.54 Å². The molecule has 1 fully saturated rings. The van der Waals surface area contributed by atoms with Gasteiger partial charge in [-0.1, -0.05) is 6.07 Å². The van der Waals surface area contributed by atoms with Crippen molar-refractivity contribution >= 4 is 11.8 Å². The van der Waals surface area contributed by atoms with E-state index in [-0.39, 0.29) is 0 Å². The second kappa shape index (κ2) is 6.45. The van der Waals surface area contributed by atoms with Gasteiger partial charge in [0.1, 0.15) is 5.75 Å². The molecule has 1 saturated heterocycles. The molecule has 1 aromatic rings. The van der Waals surface area contributed by atoms with E-state index in [4.69, 9.17) is 9.84 Å². The van der Waals surface area contributed by atoms with E-state index in [0.717, 1.165) is 31.8 Å². The van der Waals surface area contributed by atoms with Crippen LogP contribution in [0.1, 0.15) is 12.0 Å². The Kier molecular flexibility index (Phi) is 4.92. The van der Waals surface area contributed by atoms with Gasteiger partial charge in [-0.05, 0) is 42.8 Å². The highest BCUT2D eigenvalue weighted by Crippen LogP contribution is 2.29. The average Bonchev–Trinajstić information content (AvgIpc) is 2.86. The van der Waals surface area contributed by atoms with Gasteiger partial charge in [-0.3, -0.25) is 4.90 Å². The first-order chi connectivity index (χ1) is 8.76. The molecule has 18 heavy (non-hydrogen) atoms. The first-order valence-electron chi connectivity index (χ1n) is 6.31. The Balaban J connectivity index is 2.01. The summed E-state index contributed by atoms with van der Waals surface area (Å²) in [5.41, 5.74) is 1.32. The number of benzene rings is 1. The number of rotatable bonds is 5. The standard InChI is InChI=1S/C14H21NO2S/c1-17-13-4-3-11(7-14(13)18-2)8-15-6-5-12(9-15)10-16/h3-4,7,12,16H,5-6,8-10H2,1-2H3. The average molecular weight is 267 g/mol. The van der Waals surface area contributed by atoms with E-state index in [1.54, 1.807) is 18.9 Å². The predicted molar refractivity (Wildman–Crippen MR) is 75.2 cm³/mol. The molecular formula is C14H21NO2S. The molecule has 0 aliphatic carbocycles. The van der Waals surface area contributed by atoms with Crippen LogP contribution in [0.3, 0.4) is 0 Å². The minimum absolute atomic E-state index is 0.315. The lowest BCUT2D eigenvalue weighted by Crippen LogP contribution is -2.20. The molecule has 0 bridgehead atoms. The van der Waals surface area contributed by atoms with Crippen LogP contribution in [0.4, 0.5) is 0 Å². The van der Waals surface area contributed by atoms with E-state index >= 15 is 0 Å². The summed E-state index contributed by atoms with van der Waals surface area (Å²) in [6, 6.07) is 6.38. The van der Waals surface area contributed by atoms with Crippen molar-refractivity contribution in [1.29, 1.82) is 0 Å². The van der Waals surface area contributed by atoms with E-state index in [0.29, 0.717) is 12.5 Å². The van der Waals surface area contributed by atoms with Crippen LogP contribution < -0.4 is 4.74 Å². The fraction of sp³-hybridized carbons (Fsp3) is 0.571. The number of hydrogen-bond acceptors (Lipinski definition) is 4. The van der Waals surface area contributed by atoms with Gasteiger partial charge < -0.3 is 9.84 Å². The van der Waals surface area contributed by atoms with Crippen molar-refractivity contribution in [3.63, 3.8) is 0 Å². The third-order valence-electron chi connectivity index (χ3n) is 3.48. The van der Waals surface area contributed by atoms with Crippen LogP contribution >= 0.6 is 11.8 Å². The third-order valence-corrected chi connectivity index (χ3v) is 4.24. The summed E-state index contributed by atoms with van der Waals surface area (Å²) in [5, 5.41) is 9.15. The molecule has 1 atom stereocenters. The van der Waals surface area contributed by atoms with Gasteiger partial charge >= 0.3 is 0 Å². The molecule has 1 aromatic carbocycles. The van der Waals surface area contributed by atoms with Crippen molar-refractivity contribution in [2.45, 2.75) is 17.9 Å². The lowest BCUT2D eigenvalue weighted by Gasteiger charge is -2.16. The van der Waals surface area contributed by atoms with Gasteiger partial charge in [0, 0.05) is 24.6 Å². The molecule has 1 N–H and O–H groups in total. The number of hydrogen-bond donors (Lipinski definition) is 1. The van der Waals surface area contributed by atoms with E-state index in [2.05, 4.69) is 23.3 Å². The maximum absolute atomic E-state index is 9.15. The number of aliphatic hydroxyl groups is 1. The smallest absolute Gasteiger partial charge is 0.132 e. The quantitative estimate of drug-likeness (QED) is 0.829. The first-order valence-corrected chi connectivity index (χ1v) is 7.53. The molecule has 1 aliphatic rings. The zero-order valence-electron chi connectivity index (χ0n) is 11.1. The second-order valence-corrected chi connectivity index (χ2v) is 5.61. The second-order valence-electron chi connectivity index (χ2n) is 4.76. The highest BCUT2D eigenvalue weighted by molar-refractivity contribution is 7.98. The number of likely N-dealkylation sites (tertiary alicyclic amines) is 1. The lowest BCUT2D eigenvalue weighted by molar-refractivity contribution is 0.220. The maximum Gasteiger partial charge on any atom is 0.132 e. The molecule has 1 aliphatic heterocycles. The van der Waals surface area contributed by atoms with Gasteiger partial charge in [0.2, 0.25) is 0 Å². The van der Waals surface area contributed by atoms with Gasteiger partial charge in [0.25, 0.3) is 0 Å². The van der Waals surface area contributed by atoms with Crippen LogP contribution in [0.2, 0.25) is 0 Å². The van der Waals surface area contributed by atoms with Crippen molar-refractivity contribution in [2.75, 3.05) is 33.1 Å². The summed E-state index contributed by atoms with van der Waals surface area (Å²) >= 11 is 1.71. The molecule has 1 unspecified atom stereocenters. The maximum atomic E-state index is 9.15. The number of nitrogens with zero attached hydrogens (tertiary/aromatic N) is 1. The Hall–Kier alpha value is -0.710. The molecule has 100 valence electrons. The monoisotopic (exact) mass is 267 g/mol. The van der Waals surface area contributed by atoms with E-state index in [1.165, 1.54) is 10.5 Å². The molecule has 0 spiro atoms. The molecule has 0 amide bonds. The van der Waals surface area contributed by atoms with Crippen LogP contribution in [0.25, 0.3) is 0 Å². The first kappa shape index (κ1) is 13.7. The van der Waals surface area contributed by atoms with Gasteiger partial charge in [0.15, 0.2) is 0 Å². The zero-order chi connectivity index (χ0) is 13.0. The van der Waals surface area contributed by atoms with Crippen molar-refractivity contribution < 1.29 is 9.84 Å². The summed E-state index contributed by atoms with van der Waals surface area (Å²) < 4.78 is 5.33. The van der Waals surface area contributed by atoms with Crippen LogP contribution in [0, 0.1) is 5.92 Å². The SMILES string of the molecule is COc1ccc(CN2CCC(CO)C2)cc1SC. The third kappa shape index (κ3) is 3.19. The summed E-state index contributed by atoms with van der Waals surface area (Å²) in [6.07, 6.45) is 3.18. The molecule has 0 radical (unpaired) electrons. The number of thioether (sulfide) groups is 1. The fourth-order valence-corrected chi connectivity index (χ4v) is 3.06. The summed E-state index contributed by atoms with van der Waals surface area (Å²) in [6.45, 7) is 3.38. The van der Waals surface area contributed by atoms with Gasteiger partial charge in [0.05, 0.1) is 7.11 Å². The predicted octanol–water partition coefficient (Wildman–Crippen LogP) is 2.23. The van der Waals surface area contributed by atoms with Crippen LogP contribution in [-0.4, -0.2) is 43.1 Å². The minimum atomic E-state index is 0.315. The van der Waals surface area contributed by atoms with E-state index in [1.807, 2.05) is 6.07 Å². The molecular weight excluding hydrogens is 246 g/mol. The topological polar surface area (TPSA) is 32.7 Å². The molecule has 3 nitrogen and oxygen atoms in total. The van der Waals surface area contributed by atoms with Crippen molar-refractivity contribution in [3.05, 3.63) is 23.8 Å². The highest BCUT2D eigenvalue weighted by atomic mass is 32.2. The van der Waals surface area contributed by atoms with E-state index < -0.39 is 0 Å². The largest absolute Gasteiger partial charge is 0.496 e. The van der Waals surface area contributed by atoms with Crippen molar-refractivity contribution in [3.8, 4) is 5.75 Å². The number of ether oxygens (including phenoxy) is 1. The highest BCUT2D eigenvalue weighted by Gasteiger charge is 2.21. The summed E-state index contributed by atoms with van der Waals surface area (Å²) in [5.74, 6) is 1.41. The van der Waals surface area contributed by atoms with Gasteiger partial charge in [-0.15, -0.1) is 11.8 Å². The number of aliphatic hydroxyl groups excluding tert-OH is 1. The Morgan fingerprint density at radius 3 is 2.94 bits per heavy atom. The Bertz CT molecular complexity index is 397. The van der Waals surface area contributed by atoms with Crippen molar-refractivity contribution in [1.82, 2.24) is 4.90 Å². The normalized spacial score (nSPS) is 20.3. The Morgan fingerprint density at radius 1 is 1.50 bits per heavy atom. The Morgan fingerprint density at radius 2 is 2.33 bits per heavy atom. The van der Waals surface area contributed by atoms with Gasteiger partial charge in [-0.25, -0.2) is 0 Å². The molecule has 2 rings (SSSR count). The van der Waals surface area contributed by atoms with Crippen molar-refractivity contribution in [2.24, 2.45) is 5.92 Å². The number of methoxy groups -OCH3 is 1. The van der Waals surface area contributed by atoms with E-state index in [9.17, 15) is 0 Å². The molecule has 4 heteroatoms. The zero-order valence-corrected chi connectivity index (χ0v) is 11.9. The fourth-order valence-electron chi connectivity index (χ4n) is 2.44. The molecule has 0 saturated carbocycles. The summed E-state index contributed by atoms with van der Waals surface area (Å²) in [7, 11) is 1.71. The van der Waals surface area contributed by atoms with Crippen LogP contribution in [0.5, 0.6) is 5.75 Å². The summed E-state index contributed by atoms with van der Waals surface area (Å²) in [4.78, 5) is 3.60. The Labute approximate surface area is 113 Å². The molecule has 1 heterocycles.